The quantitative estimate of drug-likeness (QED) is 0.477. The van der Waals surface area contributed by atoms with E-state index >= 15 is 0 Å². The van der Waals surface area contributed by atoms with Gasteiger partial charge in [0.15, 0.2) is 0 Å². The van der Waals surface area contributed by atoms with Crippen molar-refractivity contribution in [1.29, 1.82) is 0 Å². The van der Waals surface area contributed by atoms with E-state index in [4.69, 9.17) is 27.9 Å². The van der Waals surface area contributed by atoms with Crippen LogP contribution in [0.4, 0.5) is 4.79 Å². The summed E-state index contributed by atoms with van der Waals surface area (Å²) < 4.78 is 5.93. The Morgan fingerprint density at radius 2 is 1.79 bits per heavy atom. The van der Waals surface area contributed by atoms with Crippen molar-refractivity contribution in [1.82, 2.24) is 9.80 Å². The lowest BCUT2D eigenvalue weighted by Crippen LogP contribution is -2.44. The lowest BCUT2D eigenvalue weighted by molar-refractivity contribution is -0.136. The maximum absolute atomic E-state index is 12.9. The van der Waals surface area contributed by atoms with Crippen LogP contribution in [0.15, 0.2) is 47.4 Å². The number of likely N-dealkylation sites (tertiary alicyclic amines) is 1. The molecule has 2 saturated heterocycles. The number of ether oxygens (including phenoxy) is 1. The second kappa shape index (κ2) is 10.6. The van der Waals surface area contributed by atoms with E-state index in [1.807, 2.05) is 18.2 Å². The summed E-state index contributed by atoms with van der Waals surface area (Å²) in [6.45, 7) is 1.37. The minimum Gasteiger partial charge on any atom is -0.488 e. The first-order valence-electron chi connectivity index (χ1n) is 10.6. The average Bonchev–Trinajstić information content (AvgIpc) is 3.06. The van der Waals surface area contributed by atoms with Crippen LogP contribution >= 0.6 is 35.0 Å². The summed E-state index contributed by atoms with van der Waals surface area (Å²) in [5, 5.41) is 0.621. The summed E-state index contributed by atoms with van der Waals surface area (Å²) in [6, 6.07) is 12.4. The Labute approximate surface area is 206 Å². The fraction of sp³-hybridized carbons (Fsp3) is 0.292. The molecule has 2 aromatic carbocycles. The van der Waals surface area contributed by atoms with Crippen molar-refractivity contribution in [2.75, 3.05) is 19.6 Å². The molecular formula is C24H22Cl2N2O4S. The van der Waals surface area contributed by atoms with Crippen LogP contribution in [0.25, 0.3) is 6.08 Å². The Morgan fingerprint density at radius 1 is 1.03 bits per heavy atom. The molecule has 0 N–H and O–H groups in total. The van der Waals surface area contributed by atoms with Crippen LogP contribution in [0.3, 0.4) is 0 Å². The third kappa shape index (κ3) is 5.91. The first-order valence-corrected chi connectivity index (χ1v) is 12.2. The molecule has 0 spiro atoms. The minimum absolute atomic E-state index is 0.202. The number of carbonyl (C=O) groups excluding carboxylic acids is 3. The fourth-order valence-electron chi connectivity index (χ4n) is 3.71. The van der Waals surface area contributed by atoms with Gasteiger partial charge in [-0.05, 0) is 73.0 Å². The topological polar surface area (TPSA) is 66.9 Å². The first-order chi connectivity index (χ1) is 15.9. The molecule has 6 nitrogen and oxygen atoms in total. The van der Waals surface area contributed by atoms with Crippen molar-refractivity contribution in [2.24, 2.45) is 0 Å². The zero-order valence-corrected chi connectivity index (χ0v) is 20.1. The molecule has 0 aromatic heterocycles. The van der Waals surface area contributed by atoms with Crippen LogP contribution in [0.1, 0.15) is 30.4 Å². The van der Waals surface area contributed by atoms with E-state index in [0.717, 1.165) is 41.5 Å². The van der Waals surface area contributed by atoms with Crippen LogP contribution in [0.5, 0.6) is 5.75 Å². The van der Waals surface area contributed by atoms with Gasteiger partial charge in [0.25, 0.3) is 11.1 Å². The molecule has 9 heteroatoms. The number of hydrogen-bond donors (Lipinski definition) is 0. The summed E-state index contributed by atoms with van der Waals surface area (Å²) in [5.41, 5.74) is 1.46. The molecule has 0 aliphatic carbocycles. The molecule has 0 saturated carbocycles. The number of piperidine rings is 1. The number of benzene rings is 2. The van der Waals surface area contributed by atoms with E-state index in [9.17, 15) is 14.4 Å². The molecule has 3 amide bonds. The van der Waals surface area contributed by atoms with Crippen molar-refractivity contribution in [3.63, 3.8) is 0 Å². The van der Waals surface area contributed by atoms with Crippen molar-refractivity contribution in [3.05, 3.63) is 68.5 Å². The highest BCUT2D eigenvalue weighted by molar-refractivity contribution is 8.18. The van der Waals surface area contributed by atoms with E-state index in [1.165, 1.54) is 0 Å². The molecular weight excluding hydrogens is 483 g/mol. The van der Waals surface area contributed by atoms with Crippen LogP contribution in [-0.2, 0) is 16.2 Å². The van der Waals surface area contributed by atoms with Gasteiger partial charge in [-0.15, -0.1) is 0 Å². The van der Waals surface area contributed by atoms with E-state index in [2.05, 4.69) is 0 Å². The van der Waals surface area contributed by atoms with Crippen molar-refractivity contribution in [2.45, 2.75) is 25.9 Å². The van der Waals surface area contributed by atoms with Crippen molar-refractivity contribution < 1.29 is 19.1 Å². The van der Waals surface area contributed by atoms with Gasteiger partial charge in [-0.2, -0.15) is 0 Å². The van der Waals surface area contributed by atoms with Crippen molar-refractivity contribution >= 4 is 58.1 Å². The normalized spacial score (nSPS) is 17.7. The summed E-state index contributed by atoms with van der Waals surface area (Å²) in [6.07, 6.45) is 4.56. The van der Waals surface area contributed by atoms with Gasteiger partial charge in [0.2, 0.25) is 5.91 Å². The van der Waals surface area contributed by atoms with Gasteiger partial charge in [0, 0.05) is 28.7 Å². The third-order valence-corrected chi connectivity index (χ3v) is 6.80. The van der Waals surface area contributed by atoms with Gasteiger partial charge in [0.05, 0.1) is 4.91 Å². The van der Waals surface area contributed by atoms with Crippen LogP contribution < -0.4 is 4.74 Å². The highest BCUT2D eigenvalue weighted by Crippen LogP contribution is 2.35. The Hall–Kier alpha value is -2.48. The van der Waals surface area contributed by atoms with Gasteiger partial charge in [-0.3, -0.25) is 19.3 Å². The second-order valence-corrected chi connectivity index (χ2v) is 9.68. The van der Waals surface area contributed by atoms with Crippen LogP contribution in [0, 0.1) is 0 Å². The summed E-state index contributed by atoms with van der Waals surface area (Å²) in [7, 11) is 0. The molecule has 2 aromatic rings. The van der Waals surface area contributed by atoms with Gasteiger partial charge >= 0.3 is 0 Å². The lowest BCUT2D eigenvalue weighted by atomic mass is 10.1. The third-order valence-electron chi connectivity index (χ3n) is 5.42. The number of thioether (sulfide) groups is 1. The van der Waals surface area contributed by atoms with Crippen LogP contribution in [-0.4, -0.2) is 46.5 Å². The average molecular weight is 505 g/mol. The Kier molecular flexibility index (Phi) is 7.63. The molecule has 172 valence electrons. The number of nitrogens with zero attached hydrogens (tertiary/aromatic N) is 2. The zero-order valence-electron chi connectivity index (χ0n) is 17.8. The highest BCUT2D eigenvalue weighted by Gasteiger charge is 2.37. The predicted octanol–water partition coefficient (Wildman–Crippen LogP) is 5.62. The zero-order chi connectivity index (χ0) is 23.4. The van der Waals surface area contributed by atoms with E-state index < -0.39 is 11.1 Å². The fourth-order valence-corrected chi connectivity index (χ4v) is 4.93. The summed E-state index contributed by atoms with van der Waals surface area (Å²) in [4.78, 5) is 40.9. The number of halogens is 2. The molecule has 2 heterocycles. The van der Waals surface area contributed by atoms with Gasteiger partial charge in [-0.25, -0.2) is 0 Å². The standard InChI is InChI=1S/C24H22Cl2N2O4S/c25-18-6-4-5-16(11-18)15-32-20-8-7-19(26)12-17(20)13-21-23(30)28(24(31)33-21)14-22(29)27-9-2-1-3-10-27/h4-8,11-13H,1-3,9-10,14-15H2/b21-13+. The molecule has 0 unspecified atom stereocenters. The Morgan fingerprint density at radius 3 is 2.55 bits per heavy atom. The number of rotatable bonds is 6. The molecule has 0 radical (unpaired) electrons. The number of hydrogen-bond acceptors (Lipinski definition) is 5. The lowest BCUT2D eigenvalue weighted by Gasteiger charge is -2.27. The first kappa shape index (κ1) is 23.7. The Bertz CT molecular complexity index is 1120. The van der Waals surface area contributed by atoms with E-state index in [0.29, 0.717) is 34.4 Å². The van der Waals surface area contributed by atoms with Gasteiger partial charge < -0.3 is 9.64 Å². The molecule has 2 aliphatic heterocycles. The molecule has 4 rings (SSSR count). The minimum atomic E-state index is -0.490. The molecule has 0 atom stereocenters. The monoisotopic (exact) mass is 504 g/mol. The summed E-state index contributed by atoms with van der Waals surface area (Å²) in [5.74, 6) is -0.182. The number of amides is 3. The second-order valence-electron chi connectivity index (χ2n) is 7.81. The van der Waals surface area contributed by atoms with Gasteiger partial charge in [-0.1, -0.05) is 35.3 Å². The largest absolute Gasteiger partial charge is 0.488 e. The Balaban J connectivity index is 1.49. The SMILES string of the molecule is O=C(CN1C(=O)S/C(=C/c2cc(Cl)ccc2OCc2cccc(Cl)c2)C1=O)N1CCCCC1. The predicted molar refractivity (Wildman–Crippen MR) is 130 cm³/mol. The maximum atomic E-state index is 12.9. The maximum Gasteiger partial charge on any atom is 0.294 e. The molecule has 0 bridgehead atoms. The molecule has 33 heavy (non-hydrogen) atoms. The summed E-state index contributed by atoms with van der Waals surface area (Å²) >= 11 is 13.0. The molecule has 2 aliphatic rings. The van der Waals surface area contributed by atoms with Crippen LogP contribution in [0.2, 0.25) is 10.0 Å². The highest BCUT2D eigenvalue weighted by atomic mass is 35.5. The van der Waals surface area contributed by atoms with Gasteiger partial charge in [0.1, 0.15) is 18.9 Å². The number of carbonyl (C=O) groups is 3. The smallest absolute Gasteiger partial charge is 0.294 e. The van der Waals surface area contributed by atoms with Crippen molar-refractivity contribution in [3.8, 4) is 5.75 Å². The van der Waals surface area contributed by atoms with E-state index in [1.54, 1.807) is 35.2 Å². The number of imide groups is 1. The molecule has 2 fully saturated rings. The van der Waals surface area contributed by atoms with E-state index in [-0.39, 0.29) is 24.0 Å².